The zero-order valence-electron chi connectivity index (χ0n) is 17.3. The number of Topliss-reactive ketones (excluding diaryl/α,β-unsaturated/α-hetero) is 1. The number of aryl methyl sites for hydroxylation is 1. The first-order valence-corrected chi connectivity index (χ1v) is 9.95. The van der Waals surface area contributed by atoms with Gasteiger partial charge in [0.2, 0.25) is 5.78 Å². The van der Waals surface area contributed by atoms with Crippen LogP contribution in [0, 0.1) is 5.41 Å². The van der Waals surface area contributed by atoms with Crippen molar-refractivity contribution in [1.82, 2.24) is 4.90 Å². The number of unbranched alkanes of at least 4 members (excludes halogenated alkanes) is 1. The molecule has 1 aromatic rings. The van der Waals surface area contributed by atoms with Crippen LogP contribution in [-0.2, 0) is 25.5 Å². The highest BCUT2D eigenvalue weighted by Gasteiger charge is 2.44. The number of likely N-dealkylation sites (tertiary alicyclic amines) is 1. The van der Waals surface area contributed by atoms with Gasteiger partial charge in [-0.1, -0.05) is 32.9 Å². The van der Waals surface area contributed by atoms with Crippen molar-refractivity contribution in [3.8, 4) is 5.75 Å². The van der Waals surface area contributed by atoms with Gasteiger partial charge >= 0.3 is 5.97 Å². The largest absolute Gasteiger partial charge is 0.497 e. The highest BCUT2D eigenvalue weighted by molar-refractivity contribution is 6.38. The maximum Gasteiger partial charge on any atom is 0.328 e. The number of rotatable bonds is 10. The Kier molecular flexibility index (Phi) is 7.61. The molecule has 1 fully saturated rings. The number of ketones is 1. The molecule has 1 aromatic carbocycles. The minimum atomic E-state index is -0.706. The first kappa shape index (κ1) is 21.9. The summed E-state index contributed by atoms with van der Waals surface area (Å²) in [6, 6.07) is 7.29. The predicted octanol–water partition coefficient (Wildman–Crippen LogP) is 3.17. The van der Waals surface area contributed by atoms with Crippen molar-refractivity contribution >= 4 is 17.7 Å². The summed E-state index contributed by atoms with van der Waals surface area (Å²) in [5, 5.41) is 0. The second-order valence-electron chi connectivity index (χ2n) is 7.84. The first-order valence-electron chi connectivity index (χ1n) is 9.95. The van der Waals surface area contributed by atoms with E-state index in [0.717, 1.165) is 25.0 Å². The topological polar surface area (TPSA) is 72.9 Å². The summed E-state index contributed by atoms with van der Waals surface area (Å²) in [6.45, 7) is 6.13. The van der Waals surface area contributed by atoms with Gasteiger partial charge in [-0.15, -0.1) is 0 Å². The zero-order chi connectivity index (χ0) is 20.7. The maximum atomic E-state index is 12.4. The van der Waals surface area contributed by atoms with E-state index in [0.29, 0.717) is 26.0 Å². The van der Waals surface area contributed by atoms with Crippen LogP contribution in [0.5, 0.6) is 5.75 Å². The molecule has 0 aliphatic carbocycles. The number of ether oxygens (including phenoxy) is 2. The number of hydrogen-bond donors (Lipinski definition) is 0. The van der Waals surface area contributed by atoms with E-state index >= 15 is 0 Å². The van der Waals surface area contributed by atoms with Gasteiger partial charge in [0.05, 0.1) is 13.7 Å². The third kappa shape index (κ3) is 5.33. The third-order valence-electron chi connectivity index (χ3n) is 5.51. The van der Waals surface area contributed by atoms with Crippen molar-refractivity contribution < 1.29 is 23.9 Å². The molecule has 28 heavy (non-hydrogen) atoms. The molecule has 6 heteroatoms. The Bertz CT molecular complexity index is 695. The van der Waals surface area contributed by atoms with E-state index in [9.17, 15) is 14.4 Å². The maximum absolute atomic E-state index is 12.4. The average Bonchev–Trinajstić information content (AvgIpc) is 2.66. The predicted molar refractivity (Wildman–Crippen MR) is 106 cm³/mol. The van der Waals surface area contributed by atoms with Gasteiger partial charge in [-0.05, 0) is 49.8 Å². The van der Waals surface area contributed by atoms with Crippen molar-refractivity contribution in [3.63, 3.8) is 0 Å². The second-order valence-corrected chi connectivity index (χ2v) is 7.84. The molecular weight excluding hydrogens is 358 g/mol. The molecule has 1 amide bonds. The van der Waals surface area contributed by atoms with E-state index in [1.54, 1.807) is 21.0 Å². The summed E-state index contributed by atoms with van der Waals surface area (Å²) in [4.78, 5) is 38.3. The van der Waals surface area contributed by atoms with Gasteiger partial charge in [0.1, 0.15) is 11.8 Å². The molecule has 1 aliphatic heterocycles. The molecule has 0 spiro atoms. The van der Waals surface area contributed by atoms with Crippen LogP contribution in [0.15, 0.2) is 24.3 Å². The normalized spacial score (nSPS) is 16.3. The van der Waals surface area contributed by atoms with Crippen LogP contribution in [0.2, 0.25) is 0 Å². The van der Waals surface area contributed by atoms with Gasteiger partial charge in [0, 0.05) is 12.0 Å². The minimum absolute atomic E-state index is 0.321. The van der Waals surface area contributed by atoms with Crippen molar-refractivity contribution in [2.45, 2.75) is 58.9 Å². The summed E-state index contributed by atoms with van der Waals surface area (Å²) >= 11 is 0. The fourth-order valence-corrected chi connectivity index (χ4v) is 2.95. The van der Waals surface area contributed by atoms with Crippen LogP contribution in [0.3, 0.4) is 0 Å². The molecule has 0 aromatic heterocycles. The molecule has 1 atom stereocenters. The number of carbonyl (C=O) groups excluding carboxylic acids is 3. The Hall–Kier alpha value is -2.37. The molecule has 0 unspecified atom stereocenters. The molecular formula is C22H31NO5. The van der Waals surface area contributed by atoms with Crippen LogP contribution < -0.4 is 4.74 Å². The molecule has 0 saturated carbocycles. The molecule has 1 saturated heterocycles. The number of carbonyl (C=O) groups is 3. The van der Waals surface area contributed by atoms with E-state index in [1.165, 1.54) is 10.5 Å². The monoisotopic (exact) mass is 389 g/mol. The minimum Gasteiger partial charge on any atom is -0.497 e. The number of nitrogens with zero attached hydrogens (tertiary/aromatic N) is 1. The average molecular weight is 389 g/mol. The number of hydrogen-bond acceptors (Lipinski definition) is 5. The highest BCUT2D eigenvalue weighted by Crippen LogP contribution is 2.26. The van der Waals surface area contributed by atoms with E-state index < -0.39 is 29.1 Å². The molecule has 0 N–H and O–H groups in total. The molecule has 2 rings (SSSR count). The lowest BCUT2D eigenvalue weighted by Gasteiger charge is -2.39. The Morgan fingerprint density at radius 1 is 1.14 bits per heavy atom. The summed E-state index contributed by atoms with van der Waals surface area (Å²) in [7, 11) is 1.64. The Morgan fingerprint density at radius 3 is 2.36 bits per heavy atom. The lowest BCUT2D eigenvalue weighted by Crippen LogP contribution is -2.59. The second kappa shape index (κ2) is 9.71. The summed E-state index contributed by atoms with van der Waals surface area (Å²) in [5.74, 6) is -0.587. The smallest absolute Gasteiger partial charge is 0.328 e. The van der Waals surface area contributed by atoms with Crippen LogP contribution in [0.25, 0.3) is 0 Å². The number of benzene rings is 1. The van der Waals surface area contributed by atoms with Gasteiger partial charge in [-0.2, -0.15) is 0 Å². The van der Waals surface area contributed by atoms with Crippen LogP contribution in [-0.4, -0.2) is 48.9 Å². The fourth-order valence-electron chi connectivity index (χ4n) is 2.95. The lowest BCUT2D eigenvalue weighted by molar-refractivity contribution is -0.165. The quantitative estimate of drug-likeness (QED) is 0.349. The zero-order valence-corrected chi connectivity index (χ0v) is 17.3. The van der Waals surface area contributed by atoms with Crippen molar-refractivity contribution in [2.75, 3.05) is 20.3 Å². The van der Waals surface area contributed by atoms with Crippen molar-refractivity contribution in [1.29, 1.82) is 0 Å². The number of esters is 1. The molecule has 6 nitrogen and oxygen atoms in total. The van der Waals surface area contributed by atoms with Crippen molar-refractivity contribution in [3.05, 3.63) is 29.8 Å². The third-order valence-corrected chi connectivity index (χ3v) is 5.51. The van der Waals surface area contributed by atoms with Crippen LogP contribution in [0.4, 0.5) is 0 Å². The Morgan fingerprint density at radius 2 is 1.82 bits per heavy atom. The lowest BCUT2D eigenvalue weighted by atomic mass is 9.84. The van der Waals surface area contributed by atoms with Gasteiger partial charge < -0.3 is 14.4 Å². The van der Waals surface area contributed by atoms with E-state index in [1.807, 2.05) is 31.2 Å². The summed E-state index contributed by atoms with van der Waals surface area (Å²) in [6.07, 6.45) is 3.68. The van der Waals surface area contributed by atoms with E-state index in [-0.39, 0.29) is 0 Å². The molecule has 0 radical (unpaired) electrons. The molecule has 1 heterocycles. The van der Waals surface area contributed by atoms with E-state index in [2.05, 4.69) is 0 Å². The first-order chi connectivity index (χ1) is 13.3. The molecule has 0 bridgehead atoms. The standard InChI is InChI=1S/C22H31NO5/c1-5-22(2,3)19(24)20(25)23-14-13-18(23)21(26)28-15-7-6-8-16-9-11-17(27-4)12-10-16/h9-12,18H,5-8,13-15H2,1-4H3/t18-/m0/s1. The van der Waals surface area contributed by atoms with Gasteiger partial charge in [-0.3, -0.25) is 9.59 Å². The molecule has 154 valence electrons. The summed E-state index contributed by atoms with van der Waals surface area (Å²) < 4.78 is 10.5. The highest BCUT2D eigenvalue weighted by atomic mass is 16.5. The SMILES string of the molecule is CCC(C)(C)C(=O)C(=O)N1CC[C@H]1C(=O)OCCCCc1ccc(OC)cc1. The molecule has 1 aliphatic rings. The summed E-state index contributed by atoms with van der Waals surface area (Å²) in [5.41, 5.74) is 0.503. The van der Waals surface area contributed by atoms with Crippen LogP contribution in [0.1, 0.15) is 52.0 Å². The number of methoxy groups -OCH3 is 1. The van der Waals surface area contributed by atoms with E-state index in [4.69, 9.17) is 9.47 Å². The van der Waals surface area contributed by atoms with Gasteiger partial charge in [-0.25, -0.2) is 4.79 Å². The number of amides is 1. The van der Waals surface area contributed by atoms with Gasteiger partial charge in [0.15, 0.2) is 0 Å². The van der Waals surface area contributed by atoms with Crippen molar-refractivity contribution in [2.24, 2.45) is 5.41 Å². The fraction of sp³-hybridized carbons (Fsp3) is 0.591. The Balaban J connectivity index is 1.71. The van der Waals surface area contributed by atoms with Crippen LogP contribution >= 0.6 is 0 Å². The van der Waals surface area contributed by atoms with Gasteiger partial charge in [0.25, 0.3) is 5.91 Å². The Labute approximate surface area is 167 Å².